The Hall–Kier alpha value is -2.54. The predicted octanol–water partition coefficient (Wildman–Crippen LogP) is 4.12. The van der Waals surface area contributed by atoms with Crippen molar-refractivity contribution in [3.05, 3.63) is 108 Å². The predicted molar refractivity (Wildman–Crippen MR) is 124 cm³/mol. The van der Waals surface area contributed by atoms with E-state index in [-0.39, 0.29) is 13.2 Å². The molecule has 0 heterocycles. The first-order valence-corrected chi connectivity index (χ1v) is 11.0. The SMILES string of the molecule is OCC[C@@H](OCc1ccccc1)[C@H](OCc1ccccc1)C(O)COCc1ccccc1. The zero-order valence-electron chi connectivity index (χ0n) is 18.3. The first-order valence-electron chi connectivity index (χ1n) is 11.0. The normalized spacial score (nSPS) is 14.1. The van der Waals surface area contributed by atoms with E-state index in [1.165, 1.54) is 0 Å². The zero-order chi connectivity index (χ0) is 22.4. The molecule has 0 radical (unpaired) electrons. The number of aliphatic hydroxyl groups excluding tert-OH is 2. The molecule has 0 saturated heterocycles. The van der Waals surface area contributed by atoms with Gasteiger partial charge >= 0.3 is 0 Å². The Balaban J connectivity index is 1.64. The fraction of sp³-hybridized carbons (Fsp3) is 0.333. The van der Waals surface area contributed by atoms with Crippen LogP contribution in [0.1, 0.15) is 23.1 Å². The first kappa shape index (κ1) is 24.1. The summed E-state index contributed by atoms with van der Waals surface area (Å²) in [6.07, 6.45) is -1.70. The number of benzene rings is 3. The van der Waals surface area contributed by atoms with Gasteiger partial charge in [0.15, 0.2) is 0 Å². The highest BCUT2D eigenvalue weighted by Crippen LogP contribution is 2.18. The van der Waals surface area contributed by atoms with Crippen LogP contribution in [0.2, 0.25) is 0 Å². The van der Waals surface area contributed by atoms with E-state index in [4.69, 9.17) is 14.2 Å². The van der Waals surface area contributed by atoms with Gasteiger partial charge in [-0.05, 0) is 23.1 Å². The van der Waals surface area contributed by atoms with Crippen LogP contribution >= 0.6 is 0 Å². The van der Waals surface area contributed by atoms with E-state index in [9.17, 15) is 10.2 Å². The smallest absolute Gasteiger partial charge is 0.112 e. The molecule has 32 heavy (non-hydrogen) atoms. The third-order valence-electron chi connectivity index (χ3n) is 5.15. The van der Waals surface area contributed by atoms with Crippen molar-refractivity contribution in [2.45, 2.75) is 44.6 Å². The molecule has 1 unspecified atom stereocenters. The molecule has 3 rings (SSSR count). The molecule has 0 aliphatic carbocycles. The summed E-state index contributed by atoms with van der Waals surface area (Å²) in [7, 11) is 0. The van der Waals surface area contributed by atoms with Crippen LogP contribution in [-0.2, 0) is 34.0 Å². The van der Waals surface area contributed by atoms with E-state index in [2.05, 4.69) is 0 Å². The van der Waals surface area contributed by atoms with Gasteiger partial charge in [0.05, 0.1) is 32.5 Å². The highest BCUT2D eigenvalue weighted by atomic mass is 16.6. The van der Waals surface area contributed by atoms with Crippen molar-refractivity contribution in [2.75, 3.05) is 13.2 Å². The molecule has 0 aromatic heterocycles. The average Bonchev–Trinajstić information content (AvgIpc) is 2.84. The van der Waals surface area contributed by atoms with Crippen LogP contribution in [0.25, 0.3) is 0 Å². The standard InChI is InChI=1S/C27H32O5/c28-17-16-26(31-19-23-12-6-2-7-13-23)27(32-20-24-14-8-3-9-15-24)25(29)21-30-18-22-10-4-1-5-11-22/h1-15,25-29H,16-21H2/t25?,26-,27-/m1/s1. The highest BCUT2D eigenvalue weighted by Gasteiger charge is 2.30. The van der Waals surface area contributed by atoms with E-state index in [0.717, 1.165) is 16.7 Å². The van der Waals surface area contributed by atoms with Gasteiger partial charge in [-0.1, -0.05) is 91.0 Å². The lowest BCUT2D eigenvalue weighted by atomic mass is 10.0. The monoisotopic (exact) mass is 436 g/mol. The molecule has 0 amide bonds. The Morgan fingerprint density at radius 3 is 1.59 bits per heavy atom. The average molecular weight is 437 g/mol. The second-order valence-corrected chi connectivity index (χ2v) is 7.68. The number of aliphatic hydroxyl groups is 2. The van der Waals surface area contributed by atoms with E-state index in [1.54, 1.807) is 0 Å². The molecular weight excluding hydrogens is 404 g/mol. The molecule has 3 aromatic rings. The Labute approximate surface area is 190 Å². The lowest BCUT2D eigenvalue weighted by molar-refractivity contribution is -0.151. The highest BCUT2D eigenvalue weighted by molar-refractivity contribution is 5.15. The van der Waals surface area contributed by atoms with Crippen molar-refractivity contribution in [3.8, 4) is 0 Å². The molecule has 0 bridgehead atoms. The van der Waals surface area contributed by atoms with Gasteiger partial charge in [0.25, 0.3) is 0 Å². The molecule has 3 atom stereocenters. The van der Waals surface area contributed by atoms with E-state index >= 15 is 0 Å². The largest absolute Gasteiger partial charge is 0.396 e. The van der Waals surface area contributed by atoms with E-state index in [1.807, 2.05) is 91.0 Å². The minimum atomic E-state index is -0.908. The van der Waals surface area contributed by atoms with Gasteiger partial charge in [0.1, 0.15) is 12.2 Å². The fourth-order valence-corrected chi connectivity index (χ4v) is 3.45. The van der Waals surface area contributed by atoms with E-state index in [0.29, 0.717) is 26.2 Å². The Bertz CT molecular complexity index is 857. The van der Waals surface area contributed by atoms with Crippen LogP contribution in [0, 0.1) is 0 Å². The maximum Gasteiger partial charge on any atom is 0.112 e. The van der Waals surface area contributed by atoms with Crippen molar-refractivity contribution in [3.63, 3.8) is 0 Å². The second-order valence-electron chi connectivity index (χ2n) is 7.68. The van der Waals surface area contributed by atoms with Gasteiger partial charge in [-0.2, -0.15) is 0 Å². The van der Waals surface area contributed by atoms with Crippen LogP contribution in [0.15, 0.2) is 91.0 Å². The third-order valence-corrected chi connectivity index (χ3v) is 5.15. The van der Waals surface area contributed by atoms with Gasteiger partial charge in [0.2, 0.25) is 0 Å². The molecule has 0 saturated carbocycles. The molecule has 0 fully saturated rings. The van der Waals surface area contributed by atoms with Crippen LogP contribution in [-0.4, -0.2) is 41.7 Å². The van der Waals surface area contributed by atoms with Crippen molar-refractivity contribution >= 4 is 0 Å². The maximum absolute atomic E-state index is 10.9. The van der Waals surface area contributed by atoms with Crippen LogP contribution in [0.5, 0.6) is 0 Å². The molecule has 0 spiro atoms. The first-order chi connectivity index (χ1) is 15.8. The van der Waals surface area contributed by atoms with Crippen molar-refractivity contribution < 1.29 is 24.4 Å². The van der Waals surface area contributed by atoms with Crippen molar-refractivity contribution in [1.29, 1.82) is 0 Å². The Morgan fingerprint density at radius 1 is 0.625 bits per heavy atom. The van der Waals surface area contributed by atoms with Gasteiger partial charge in [-0.15, -0.1) is 0 Å². The minimum Gasteiger partial charge on any atom is -0.396 e. The fourth-order valence-electron chi connectivity index (χ4n) is 3.45. The van der Waals surface area contributed by atoms with Gasteiger partial charge in [0, 0.05) is 6.61 Å². The zero-order valence-corrected chi connectivity index (χ0v) is 18.3. The molecule has 5 heteroatoms. The number of rotatable bonds is 14. The van der Waals surface area contributed by atoms with Gasteiger partial charge < -0.3 is 24.4 Å². The van der Waals surface area contributed by atoms with Gasteiger partial charge in [-0.25, -0.2) is 0 Å². The van der Waals surface area contributed by atoms with Crippen molar-refractivity contribution in [1.82, 2.24) is 0 Å². The third kappa shape index (κ3) is 8.19. The number of hydrogen-bond acceptors (Lipinski definition) is 5. The van der Waals surface area contributed by atoms with Crippen LogP contribution < -0.4 is 0 Å². The lowest BCUT2D eigenvalue weighted by Gasteiger charge is -2.31. The summed E-state index contributed by atoms with van der Waals surface area (Å²) in [5.74, 6) is 0. The number of ether oxygens (including phenoxy) is 3. The topological polar surface area (TPSA) is 68.2 Å². The minimum absolute atomic E-state index is 0.0672. The summed E-state index contributed by atoms with van der Waals surface area (Å²) < 4.78 is 18.0. The number of hydrogen-bond donors (Lipinski definition) is 2. The second kappa shape index (κ2) is 13.8. The molecule has 5 nitrogen and oxygen atoms in total. The van der Waals surface area contributed by atoms with E-state index < -0.39 is 18.3 Å². The summed E-state index contributed by atoms with van der Waals surface area (Å²) >= 11 is 0. The molecular formula is C27H32O5. The summed E-state index contributed by atoms with van der Waals surface area (Å²) in [6, 6.07) is 29.4. The van der Waals surface area contributed by atoms with Crippen molar-refractivity contribution in [2.24, 2.45) is 0 Å². The molecule has 170 valence electrons. The lowest BCUT2D eigenvalue weighted by Crippen LogP contribution is -2.44. The van der Waals surface area contributed by atoms with Crippen LogP contribution in [0.4, 0.5) is 0 Å². The quantitative estimate of drug-likeness (QED) is 0.398. The molecule has 0 aliphatic heterocycles. The van der Waals surface area contributed by atoms with Crippen LogP contribution in [0.3, 0.4) is 0 Å². The Morgan fingerprint density at radius 2 is 1.09 bits per heavy atom. The molecule has 2 N–H and O–H groups in total. The molecule has 0 aliphatic rings. The Kier molecular flexibility index (Phi) is 10.4. The maximum atomic E-state index is 10.9. The van der Waals surface area contributed by atoms with Gasteiger partial charge in [-0.3, -0.25) is 0 Å². The summed E-state index contributed by atoms with van der Waals surface area (Å²) in [5.41, 5.74) is 3.06. The summed E-state index contributed by atoms with van der Waals surface area (Å²) in [5, 5.41) is 20.6. The summed E-state index contributed by atoms with van der Waals surface area (Å²) in [4.78, 5) is 0. The molecule has 3 aromatic carbocycles. The summed E-state index contributed by atoms with van der Waals surface area (Å²) in [6.45, 7) is 1.14.